The number of nitrogens with zero attached hydrogens (tertiary/aromatic N) is 2. The lowest BCUT2D eigenvalue weighted by molar-refractivity contribution is -0.384. The molecule has 2 rings (SSSR count). The predicted octanol–water partition coefficient (Wildman–Crippen LogP) is 4.09. The zero-order valence-corrected chi connectivity index (χ0v) is 17.2. The van der Waals surface area contributed by atoms with Crippen molar-refractivity contribution in [3.05, 3.63) is 75.1 Å². The first-order valence-corrected chi connectivity index (χ1v) is 7.87. The first-order valence-electron chi connectivity index (χ1n) is 7.87. The number of nitro groups is 1. The van der Waals surface area contributed by atoms with E-state index >= 15 is 0 Å². The van der Waals surface area contributed by atoms with Crippen molar-refractivity contribution in [3.63, 3.8) is 0 Å². The van der Waals surface area contributed by atoms with Crippen molar-refractivity contribution in [2.75, 3.05) is 7.05 Å². The fourth-order valence-corrected chi connectivity index (χ4v) is 2.28. The largest absolute Gasteiger partial charge is 0.352 e. The topological polar surface area (TPSA) is 79.6 Å². The standard InChI is InChI=1S/C18H21FN4O2.HI/c1-12-4-7-15(10-17(12)19)13(2)22-18(20-3)21-11-14-5-8-16(9-6-14)23(24)25;/h4-10,13H,11H2,1-3H3,(H2,20,21,22);1H. The molecule has 2 aromatic rings. The fraction of sp³-hybridized carbons (Fsp3) is 0.278. The Balaban J connectivity index is 0.00000338. The van der Waals surface area contributed by atoms with Gasteiger partial charge in [-0.05, 0) is 36.6 Å². The monoisotopic (exact) mass is 472 g/mol. The van der Waals surface area contributed by atoms with Gasteiger partial charge in [-0.15, -0.1) is 24.0 Å². The van der Waals surface area contributed by atoms with Gasteiger partial charge in [0.1, 0.15) is 5.82 Å². The Labute approximate surface area is 169 Å². The van der Waals surface area contributed by atoms with Crippen LogP contribution in [0.4, 0.5) is 10.1 Å². The number of nitro benzene ring substituents is 1. The lowest BCUT2D eigenvalue weighted by Crippen LogP contribution is -2.38. The van der Waals surface area contributed by atoms with E-state index in [4.69, 9.17) is 0 Å². The summed E-state index contributed by atoms with van der Waals surface area (Å²) in [6.45, 7) is 4.11. The molecule has 0 aliphatic heterocycles. The van der Waals surface area contributed by atoms with E-state index in [9.17, 15) is 14.5 Å². The smallest absolute Gasteiger partial charge is 0.269 e. The SMILES string of the molecule is CN=C(NCc1ccc([N+](=O)[O-])cc1)NC(C)c1ccc(C)c(F)c1.I. The molecule has 6 nitrogen and oxygen atoms in total. The summed E-state index contributed by atoms with van der Waals surface area (Å²) in [5.41, 5.74) is 2.38. The highest BCUT2D eigenvalue weighted by Gasteiger charge is 2.10. The maximum absolute atomic E-state index is 13.7. The Kier molecular flexibility index (Phi) is 8.43. The number of guanidine groups is 1. The number of nitrogens with one attached hydrogen (secondary N) is 2. The molecule has 0 heterocycles. The average Bonchev–Trinajstić information content (AvgIpc) is 2.61. The second kappa shape index (κ2) is 10.0. The van der Waals surface area contributed by atoms with Crippen molar-refractivity contribution in [2.24, 2.45) is 4.99 Å². The van der Waals surface area contributed by atoms with Crippen molar-refractivity contribution >= 4 is 35.6 Å². The minimum atomic E-state index is -0.430. The van der Waals surface area contributed by atoms with Crippen LogP contribution in [0.1, 0.15) is 29.7 Å². The number of non-ortho nitro benzene ring substituents is 1. The second-order valence-electron chi connectivity index (χ2n) is 5.72. The molecule has 2 N–H and O–H groups in total. The summed E-state index contributed by atoms with van der Waals surface area (Å²) in [5, 5.41) is 17.0. The van der Waals surface area contributed by atoms with Gasteiger partial charge in [-0.1, -0.05) is 24.3 Å². The number of benzene rings is 2. The van der Waals surface area contributed by atoms with Crippen molar-refractivity contribution in [1.82, 2.24) is 10.6 Å². The molecule has 0 bridgehead atoms. The molecule has 0 aliphatic carbocycles. The van der Waals surface area contributed by atoms with Crippen molar-refractivity contribution < 1.29 is 9.31 Å². The van der Waals surface area contributed by atoms with E-state index in [1.807, 2.05) is 13.0 Å². The molecule has 0 aromatic heterocycles. The number of aryl methyl sites for hydroxylation is 1. The van der Waals surface area contributed by atoms with E-state index in [-0.39, 0.29) is 41.5 Å². The normalized spacial score (nSPS) is 12.1. The van der Waals surface area contributed by atoms with E-state index in [1.54, 1.807) is 32.2 Å². The van der Waals surface area contributed by atoms with Crippen molar-refractivity contribution in [1.29, 1.82) is 0 Å². The Morgan fingerprint density at radius 3 is 2.46 bits per heavy atom. The van der Waals surface area contributed by atoms with Gasteiger partial charge in [0.2, 0.25) is 0 Å². The van der Waals surface area contributed by atoms with Gasteiger partial charge in [-0.3, -0.25) is 15.1 Å². The van der Waals surface area contributed by atoms with Crippen LogP contribution in [0.25, 0.3) is 0 Å². The molecule has 0 amide bonds. The van der Waals surface area contributed by atoms with Crippen LogP contribution < -0.4 is 10.6 Å². The number of rotatable bonds is 5. The minimum Gasteiger partial charge on any atom is -0.352 e. The Morgan fingerprint density at radius 1 is 1.27 bits per heavy atom. The Morgan fingerprint density at radius 2 is 1.92 bits per heavy atom. The summed E-state index contributed by atoms with van der Waals surface area (Å²) in [4.78, 5) is 14.4. The van der Waals surface area contributed by atoms with Crippen LogP contribution in [-0.2, 0) is 6.54 Å². The van der Waals surface area contributed by atoms with E-state index in [0.717, 1.165) is 11.1 Å². The highest BCUT2D eigenvalue weighted by molar-refractivity contribution is 14.0. The van der Waals surface area contributed by atoms with Crippen molar-refractivity contribution in [3.8, 4) is 0 Å². The zero-order chi connectivity index (χ0) is 18.4. The summed E-state index contributed by atoms with van der Waals surface area (Å²) in [6, 6.07) is 11.3. The molecule has 0 radical (unpaired) electrons. The van der Waals surface area contributed by atoms with Gasteiger partial charge in [0, 0.05) is 25.7 Å². The van der Waals surface area contributed by atoms with E-state index in [0.29, 0.717) is 18.1 Å². The number of hydrogen-bond donors (Lipinski definition) is 2. The molecule has 26 heavy (non-hydrogen) atoms. The maximum Gasteiger partial charge on any atom is 0.269 e. The number of aliphatic imine (C=N–C) groups is 1. The Bertz CT molecular complexity index is 781. The summed E-state index contributed by atoms with van der Waals surface area (Å²) >= 11 is 0. The van der Waals surface area contributed by atoms with Gasteiger partial charge in [-0.2, -0.15) is 0 Å². The number of hydrogen-bond acceptors (Lipinski definition) is 3. The van der Waals surface area contributed by atoms with Crippen molar-refractivity contribution in [2.45, 2.75) is 26.4 Å². The van der Waals surface area contributed by atoms with Gasteiger partial charge in [-0.25, -0.2) is 4.39 Å². The quantitative estimate of drug-likeness (QED) is 0.226. The molecule has 0 saturated heterocycles. The lowest BCUT2D eigenvalue weighted by atomic mass is 10.1. The van der Waals surface area contributed by atoms with E-state index in [1.165, 1.54) is 18.2 Å². The first kappa shape index (κ1) is 21.8. The molecule has 2 aromatic carbocycles. The third-order valence-electron chi connectivity index (χ3n) is 3.88. The molecule has 0 saturated carbocycles. The van der Waals surface area contributed by atoms with Crippen LogP contribution in [0.2, 0.25) is 0 Å². The number of halogens is 2. The third-order valence-corrected chi connectivity index (χ3v) is 3.88. The molecule has 1 unspecified atom stereocenters. The molecule has 0 aliphatic rings. The molecule has 8 heteroatoms. The zero-order valence-electron chi connectivity index (χ0n) is 14.8. The van der Waals surface area contributed by atoms with E-state index in [2.05, 4.69) is 15.6 Å². The van der Waals surface area contributed by atoms with Gasteiger partial charge in [0.15, 0.2) is 5.96 Å². The average molecular weight is 472 g/mol. The van der Waals surface area contributed by atoms with Crippen LogP contribution in [0, 0.1) is 22.9 Å². The lowest BCUT2D eigenvalue weighted by Gasteiger charge is -2.18. The van der Waals surface area contributed by atoms with E-state index < -0.39 is 4.92 Å². The highest BCUT2D eigenvalue weighted by Crippen LogP contribution is 2.16. The van der Waals surface area contributed by atoms with Crippen LogP contribution in [0.15, 0.2) is 47.5 Å². The van der Waals surface area contributed by atoms with Crippen LogP contribution in [-0.4, -0.2) is 17.9 Å². The summed E-state index contributed by atoms with van der Waals surface area (Å²) in [5.74, 6) is 0.326. The summed E-state index contributed by atoms with van der Waals surface area (Å²) in [7, 11) is 1.65. The van der Waals surface area contributed by atoms with Crippen LogP contribution in [0.5, 0.6) is 0 Å². The summed E-state index contributed by atoms with van der Waals surface area (Å²) in [6.07, 6.45) is 0. The van der Waals surface area contributed by atoms with Crippen LogP contribution in [0.3, 0.4) is 0 Å². The minimum absolute atomic E-state index is 0. The maximum atomic E-state index is 13.7. The Hall–Kier alpha value is -2.23. The predicted molar refractivity (Wildman–Crippen MR) is 111 cm³/mol. The fourth-order valence-electron chi connectivity index (χ4n) is 2.28. The molecule has 1 atom stereocenters. The second-order valence-corrected chi connectivity index (χ2v) is 5.72. The summed E-state index contributed by atoms with van der Waals surface area (Å²) < 4.78 is 13.7. The molecular formula is C18H22FIN4O2. The van der Waals surface area contributed by atoms with Crippen LogP contribution >= 0.6 is 24.0 Å². The highest BCUT2D eigenvalue weighted by atomic mass is 127. The first-order chi connectivity index (χ1) is 11.9. The van der Waals surface area contributed by atoms with Gasteiger partial charge in [0.05, 0.1) is 11.0 Å². The van der Waals surface area contributed by atoms with Gasteiger partial charge in [0.25, 0.3) is 5.69 Å². The van der Waals surface area contributed by atoms with Gasteiger partial charge < -0.3 is 10.6 Å². The molecule has 140 valence electrons. The van der Waals surface area contributed by atoms with Gasteiger partial charge >= 0.3 is 0 Å². The molecule has 0 fully saturated rings. The molecular weight excluding hydrogens is 450 g/mol. The molecule has 0 spiro atoms. The third kappa shape index (κ3) is 5.94.